The van der Waals surface area contributed by atoms with Gasteiger partial charge in [-0.05, 0) is 37.0 Å². The summed E-state index contributed by atoms with van der Waals surface area (Å²) < 4.78 is 21.6. The third-order valence-corrected chi connectivity index (χ3v) is 5.38. The number of aromatic nitrogens is 2. The van der Waals surface area contributed by atoms with Crippen molar-refractivity contribution in [1.29, 1.82) is 0 Å². The number of hydrogen-bond donors (Lipinski definition) is 0. The number of carbonyl (C=O) groups excluding carboxylic acids is 1. The van der Waals surface area contributed by atoms with Crippen LogP contribution in [-0.4, -0.2) is 41.9 Å². The summed E-state index contributed by atoms with van der Waals surface area (Å²) in [6.45, 7) is 4.76. The lowest BCUT2D eigenvalue weighted by atomic mass is 10.1. The second-order valence-electron chi connectivity index (χ2n) is 7.61. The fraction of sp³-hybridized carbons (Fsp3) is 0.409. The van der Waals surface area contributed by atoms with E-state index < -0.39 is 0 Å². The zero-order valence-corrected chi connectivity index (χ0v) is 17.5. The molecule has 3 heterocycles. The van der Waals surface area contributed by atoms with Crippen molar-refractivity contribution in [1.82, 2.24) is 15.2 Å². The highest BCUT2D eigenvalue weighted by atomic mass is 16.5. The number of rotatable bonds is 6. The molecule has 2 aromatic heterocycles. The molecule has 3 aromatic rings. The molecule has 1 aliphatic heterocycles. The van der Waals surface area contributed by atoms with Crippen molar-refractivity contribution >= 4 is 5.91 Å². The molecule has 0 radical (unpaired) electrons. The number of likely N-dealkylation sites (tertiary alicyclic amines) is 1. The van der Waals surface area contributed by atoms with Crippen molar-refractivity contribution in [3.63, 3.8) is 0 Å². The van der Waals surface area contributed by atoms with Gasteiger partial charge in [-0.15, -0.1) is 0 Å². The molecule has 0 spiro atoms. The Balaban J connectivity index is 1.56. The van der Waals surface area contributed by atoms with E-state index in [1.165, 1.54) is 0 Å². The molecule has 158 valence electrons. The Morgan fingerprint density at radius 3 is 2.60 bits per heavy atom. The molecule has 8 nitrogen and oxygen atoms in total. The van der Waals surface area contributed by atoms with Crippen LogP contribution in [0.3, 0.4) is 0 Å². The predicted octanol–water partition coefficient (Wildman–Crippen LogP) is 4.45. The topological polar surface area (TPSA) is 90.8 Å². The first kappa shape index (κ1) is 20.0. The molecule has 0 saturated carbocycles. The van der Waals surface area contributed by atoms with Gasteiger partial charge in [0.25, 0.3) is 5.91 Å². The highest BCUT2D eigenvalue weighted by molar-refractivity contribution is 5.93. The van der Waals surface area contributed by atoms with Crippen LogP contribution in [-0.2, 0) is 0 Å². The van der Waals surface area contributed by atoms with Gasteiger partial charge >= 0.3 is 0 Å². The molecule has 0 bridgehead atoms. The van der Waals surface area contributed by atoms with E-state index in [9.17, 15) is 4.79 Å². The van der Waals surface area contributed by atoms with E-state index in [0.717, 1.165) is 24.1 Å². The molecule has 1 fully saturated rings. The van der Waals surface area contributed by atoms with Crippen molar-refractivity contribution in [2.24, 2.45) is 0 Å². The predicted molar refractivity (Wildman–Crippen MR) is 109 cm³/mol. The third-order valence-electron chi connectivity index (χ3n) is 5.38. The quantitative estimate of drug-likeness (QED) is 0.592. The molecule has 1 saturated heterocycles. The van der Waals surface area contributed by atoms with E-state index in [1.807, 2.05) is 12.1 Å². The summed E-state index contributed by atoms with van der Waals surface area (Å²) in [5, 5.41) is 8.14. The minimum Gasteiger partial charge on any atom is -0.493 e. The van der Waals surface area contributed by atoms with Crippen molar-refractivity contribution in [2.45, 2.75) is 38.6 Å². The summed E-state index contributed by atoms with van der Waals surface area (Å²) in [7, 11) is 3.15. The summed E-state index contributed by atoms with van der Waals surface area (Å²) in [4.78, 5) is 14.9. The van der Waals surface area contributed by atoms with Gasteiger partial charge in [0.05, 0.1) is 26.0 Å². The fourth-order valence-corrected chi connectivity index (χ4v) is 3.69. The average Bonchev–Trinajstić information content (AvgIpc) is 3.52. The van der Waals surface area contributed by atoms with Gasteiger partial charge in [0.2, 0.25) is 0 Å². The second kappa shape index (κ2) is 8.22. The van der Waals surface area contributed by atoms with E-state index in [2.05, 4.69) is 24.2 Å². The molecule has 1 atom stereocenters. The minimum atomic E-state index is -0.185. The van der Waals surface area contributed by atoms with Crippen molar-refractivity contribution < 1.29 is 23.3 Å². The van der Waals surface area contributed by atoms with Crippen LogP contribution in [0.15, 0.2) is 39.4 Å². The van der Waals surface area contributed by atoms with E-state index in [1.54, 1.807) is 37.3 Å². The molecular formula is C22H25N3O5. The molecular weight excluding hydrogens is 386 g/mol. The highest BCUT2D eigenvalue weighted by Gasteiger charge is 2.35. The van der Waals surface area contributed by atoms with Crippen LogP contribution in [0.5, 0.6) is 11.5 Å². The van der Waals surface area contributed by atoms with Gasteiger partial charge in [0, 0.05) is 24.2 Å². The van der Waals surface area contributed by atoms with E-state index in [4.69, 9.17) is 18.5 Å². The van der Waals surface area contributed by atoms with Gasteiger partial charge in [-0.3, -0.25) is 4.79 Å². The first-order valence-electron chi connectivity index (χ1n) is 9.98. The standard InChI is InChI=1S/C22H25N3O5/c1-13(2)15-11-20(30-23-15)17-6-5-9-25(17)22(26)16-12-19(29-24-16)14-7-8-18(27-3)21(10-14)28-4/h7-8,10-13,17H,5-6,9H2,1-4H3/t17-/m1/s1. The SMILES string of the molecule is COc1ccc(-c2cc(C(=O)N3CCC[C@@H]3c3cc(C(C)C)no3)no2)cc1OC. The summed E-state index contributed by atoms with van der Waals surface area (Å²) in [6, 6.07) is 8.85. The molecule has 1 aliphatic rings. The normalized spacial score (nSPS) is 16.3. The summed E-state index contributed by atoms with van der Waals surface area (Å²) >= 11 is 0. The Labute approximate surface area is 174 Å². The van der Waals surface area contributed by atoms with Crippen LogP contribution in [0.2, 0.25) is 0 Å². The number of hydrogen-bond acceptors (Lipinski definition) is 7. The van der Waals surface area contributed by atoms with Gasteiger partial charge in [-0.1, -0.05) is 24.2 Å². The molecule has 4 rings (SSSR count). The molecule has 0 N–H and O–H groups in total. The Hall–Kier alpha value is -3.29. The van der Waals surface area contributed by atoms with Crippen LogP contribution in [0, 0.1) is 0 Å². The number of nitrogens with zero attached hydrogens (tertiary/aromatic N) is 3. The first-order chi connectivity index (χ1) is 14.5. The fourth-order valence-electron chi connectivity index (χ4n) is 3.69. The second-order valence-corrected chi connectivity index (χ2v) is 7.61. The van der Waals surface area contributed by atoms with Crippen LogP contribution >= 0.6 is 0 Å². The van der Waals surface area contributed by atoms with Gasteiger partial charge in [0.15, 0.2) is 28.7 Å². The maximum Gasteiger partial charge on any atom is 0.276 e. The van der Waals surface area contributed by atoms with Crippen molar-refractivity contribution in [2.75, 3.05) is 20.8 Å². The maximum atomic E-state index is 13.1. The number of amides is 1. The van der Waals surface area contributed by atoms with Crippen molar-refractivity contribution in [3.8, 4) is 22.8 Å². The molecule has 0 unspecified atom stereocenters. The summed E-state index contributed by atoms with van der Waals surface area (Å²) in [5.74, 6) is 2.48. The van der Waals surface area contributed by atoms with E-state index in [-0.39, 0.29) is 23.6 Å². The smallest absolute Gasteiger partial charge is 0.276 e. The lowest BCUT2D eigenvalue weighted by Crippen LogP contribution is -2.30. The van der Waals surface area contributed by atoms with Gasteiger partial charge < -0.3 is 23.4 Å². The molecule has 1 amide bonds. The molecule has 0 aliphatic carbocycles. The van der Waals surface area contributed by atoms with Crippen molar-refractivity contribution in [3.05, 3.63) is 47.5 Å². The zero-order valence-electron chi connectivity index (χ0n) is 17.5. The summed E-state index contributed by atoms with van der Waals surface area (Å²) in [5.41, 5.74) is 1.89. The first-order valence-corrected chi connectivity index (χ1v) is 9.98. The highest BCUT2D eigenvalue weighted by Crippen LogP contribution is 2.36. The number of ether oxygens (including phenoxy) is 2. The Morgan fingerprint density at radius 1 is 1.10 bits per heavy atom. The van der Waals surface area contributed by atoms with Crippen LogP contribution in [0.4, 0.5) is 0 Å². The molecule has 30 heavy (non-hydrogen) atoms. The largest absolute Gasteiger partial charge is 0.493 e. The monoisotopic (exact) mass is 411 g/mol. The van der Waals surface area contributed by atoms with Crippen LogP contribution < -0.4 is 9.47 Å². The Kier molecular flexibility index (Phi) is 5.48. The zero-order chi connectivity index (χ0) is 21.3. The van der Waals surface area contributed by atoms with E-state index in [0.29, 0.717) is 29.6 Å². The van der Waals surface area contributed by atoms with E-state index >= 15 is 0 Å². The van der Waals surface area contributed by atoms with Gasteiger partial charge in [0.1, 0.15) is 0 Å². The third kappa shape index (κ3) is 3.65. The molecule has 8 heteroatoms. The number of methoxy groups -OCH3 is 2. The van der Waals surface area contributed by atoms with Crippen LogP contribution in [0.1, 0.15) is 60.6 Å². The Morgan fingerprint density at radius 2 is 1.90 bits per heavy atom. The lowest BCUT2D eigenvalue weighted by molar-refractivity contribution is 0.0704. The van der Waals surface area contributed by atoms with Gasteiger partial charge in [-0.25, -0.2) is 0 Å². The molecule has 1 aromatic carbocycles. The van der Waals surface area contributed by atoms with Gasteiger partial charge in [-0.2, -0.15) is 0 Å². The Bertz CT molecular complexity index is 1040. The lowest BCUT2D eigenvalue weighted by Gasteiger charge is -2.21. The minimum absolute atomic E-state index is 0.140. The summed E-state index contributed by atoms with van der Waals surface area (Å²) in [6.07, 6.45) is 1.73. The number of carbonyl (C=O) groups is 1. The maximum absolute atomic E-state index is 13.1. The average molecular weight is 411 g/mol. The van der Waals surface area contributed by atoms with Crippen LogP contribution in [0.25, 0.3) is 11.3 Å². The number of benzene rings is 1.